The van der Waals surface area contributed by atoms with E-state index in [4.69, 9.17) is 21.4 Å². The van der Waals surface area contributed by atoms with Crippen molar-refractivity contribution in [3.8, 4) is 5.75 Å². The van der Waals surface area contributed by atoms with Gasteiger partial charge in [0, 0.05) is 18.1 Å². The molecule has 1 aromatic rings. The zero-order valence-corrected chi connectivity index (χ0v) is 11.0. The van der Waals surface area contributed by atoms with Crippen molar-refractivity contribution in [3.05, 3.63) is 29.3 Å². The van der Waals surface area contributed by atoms with Gasteiger partial charge in [0.15, 0.2) is 0 Å². The van der Waals surface area contributed by atoms with Crippen LogP contribution in [0.4, 0.5) is 4.79 Å². The molecule has 5 nitrogen and oxygen atoms in total. The number of hydrogen-bond donors (Lipinski definition) is 1. The van der Waals surface area contributed by atoms with Crippen molar-refractivity contribution in [2.75, 3.05) is 13.1 Å². The van der Waals surface area contributed by atoms with E-state index < -0.39 is 12.1 Å². The summed E-state index contributed by atoms with van der Waals surface area (Å²) in [6.45, 7) is 0.812. The first-order valence-electron chi connectivity index (χ1n) is 6.01. The summed E-state index contributed by atoms with van der Waals surface area (Å²) in [5.74, 6) is -0.736. The highest BCUT2D eigenvalue weighted by atomic mass is 35.5. The average Bonchev–Trinajstić information content (AvgIpc) is 2.41. The number of likely N-dealkylation sites (tertiary alicyclic amines) is 1. The second kappa shape index (κ2) is 5.93. The number of carbonyl (C=O) groups excluding carboxylic acids is 1. The Bertz CT molecular complexity index is 466. The molecule has 0 aliphatic carbocycles. The fourth-order valence-electron chi connectivity index (χ4n) is 1.98. The third kappa shape index (κ3) is 3.61. The lowest BCUT2D eigenvalue weighted by Crippen LogP contribution is -2.41. The summed E-state index contributed by atoms with van der Waals surface area (Å²) >= 11 is 5.74. The van der Waals surface area contributed by atoms with Gasteiger partial charge >= 0.3 is 12.1 Å². The zero-order chi connectivity index (χ0) is 13.8. The van der Waals surface area contributed by atoms with E-state index in [1.807, 2.05) is 0 Å². The van der Waals surface area contributed by atoms with Crippen LogP contribution in [0.25, 0.3) is 0 Å². The van der Waals surface area contributed by atoms with Gasteiger partial charge in [0.1, 0.15) is 5.75 Å². The van der Waals surface area contributed by atoms with Crippen molar-refractivity contribution < 1.29 is 19.4 Å². The third-order valence-corrected chi connectivity index (χ3v) is 3.37. The van der Waals surface area contributed by atoms with E-state index in [-0.39, 0.29) is 5.92 Å². The topological polar surface area (TPSA) is 66.8 Å². The molecule has 1 N–H and O–H groups in total. The summed E-state index contributed by atoms with van der Waals surface area (Å²) in [7, 11) is 0. The summed E-state index contributed by atoms with van der Waals surface area (Å²) < 4.78 is 5.19. The normalized spacial score (nSPS) is 16.2. The van der Waals surface area contributed by atoms with Gasteiger partial charge in [-0.2, -0.15) is 0 Å². The maximum atomic E-state index is 11.9. The smallest absolute Gasteiger partial charge is 0.415 e. The summed E-state index contributed by atoms with van der Waals surface area (Å²) in [5.41, 5.74) is 0. The Labute approximate surface area is 115 Å². The largest absolute Gasteiger partial charge is 0.481 e. The van der Waals surface area contributed by atoms with Crippen LogP contribution < -0.4 is 4.74 Å². The second-order valence-corrected chi connectivity index (χ2v) is 4.86. The van der Waals surface area contributed by atoms with E-state index in [1.54, 1.807) is 24.3 Å². The Kier molecular flexibility index (Phi) is 4.27. The second-order valence-electron chi connectivity index (χ2n) is 4.42. The summed E-state index contributed by atoms with van der Waals surface area (Å²) in [6, 6.07) is 6.51. The Morgan fingerprint density at radius 1 is 1.21 bits per heavy atom. The molecule has 19 heavy (non-hydrogen) atoms. The van der Waals surface area contributed by atoms with Gasteiger partial charge in [0.05, 0.1) is 5.92 Å². The van der Waals surface area contributed by atoms with Crippen molar-refractivity contribution >= 4 is 23.7 Å². The van der Waals surface area contributed by atoms with Gasteiger partial charge in [-0.15, -0.1) is 0 Å². The van der Waals surface area contributed by atoms with Crippen LogP contribution >= 0.6 is 11.6 Å². The molecule has 0 spiro atoms. The van der Waals surface area contributed by atoms with Crippen molar-refractivity contribution in [1.29, 1.82) is 0 Å². The molecule has 0 saturated carbocycles. The van der Waals surface area contributed by atoms with Gasteiger partial charge in [-0.25, -0.2) is 4.79 Å². The number of aliphatic carboxylic acids is 1. The number of piperidine rings is 1. The third-order valence-electron chi connectivity index (χ3n) is 3.12. The maximum Gasteiger partial charge on any atom is 0.415 e. The molecule has 1 aliphatic rings. The number of halogens is 1. The van der Waals surface area contributed by atoms with Crippen LogP contribution in [0.1, 0.15) is 12.8 Å². The molecule has 0 unspecified atom stereocenters. The molecule has 6 heteroatoms. The summed E-state index contributed by atoms with van der Waals surface area (Å²) in [5, 5.41) is 9.45. The van der Waals surface area contributed by atoms with E-state index in [1.165, 1.54) is 4.90 Å². The van der Waals surface area contributed by atoms with E-state index in [2.05, 4.69) is 0 Å². The molecule has 0 bridgehead atoms. The predicted molar refractivity (Wildman–Crippen MR) is 69.4 cm³/mol. The quantitative estimate of drug-likeness (QED) is 0.906. The zero-order valence-electron chi connectivity index (χ0n) is 10.2. The molecule has 0 radical (unpaired) electrons. The number of rotatable bonds is 2. The summed E-state index contributed by atoms with van der Waals surface area (Å²) in [4.78, 5) is 24.2. The van der Waals surface area contributed by atoms with Crippen molar-refractivity contribution in [2.45, 2.75) is 12.8 Å². The van der Waals surface area contributed by atoms with Gasteiger partial charge in [0.2, 0.25) is 0 Å². The van der Waals surface area contributed by atoms with E-state index >= 15 is 0 Å². The first-order valence-corrected chi connectivity index (χ1v) is 6.39. The van der Waals surface area contributed by atoms with Gasteiger partial charge < -0.3 is 14.7 Å². The Hall–Kier alpha value is -1.75. The maximum absolute atomic E-state index is 11.9. The lowest BCUT2D eigenvalue weighted by atomic mass is 9.97. The fraction of sp³-hybridized carbons (Fsp3) is 0.385. The molecule has 2 rings (SSSR count). The molecule has 102 valence electrons. The number of nitrogens with zero attached hydrogens (tertiary/aromatic N) is 1. The highest BCUT2D eigenvalue weighted by molar-refractivity contribution is 6.30. The van der Waals surface area contributed by atoms with Crippen LogP contribution in [-0.4, -0.2) is 35.2 Å². The molecule has 1 aromatic carbocycles. The number of carboxylic acid groups (broad SMARTS) is 1. The molecule has 0 aromatic heterocycles. The molecular weight excluding hydrogens is 270 g/mol. The first-order chi connectivity index (χ1) is 9.06. The predicted octanol–water partition coefficient (Wildman–Crippen LogP) is 2.64. The van der Waals surface area contributed by atoms with E-state index in [0.717, 1.165) is 0 Å². The number of carboxylic acids is 1. The molecule has 1 heterocycles. The number of carbonyl (C=O) groups is 2. The minimum Gasteiger partial charge on any atom is -0.481 e. The number of benzene rings is 1. The van der Waals surface area contributed by atoms with Crippen LogP contribution in [0.5, 0.6) is 5.75 Å². The monoisotopic (exact) mass is 283 g/mol. The lowest BCUT2D eigenvalue weighted by Gasteiger charge is -2.29. The van der Waals surface area contributed by atoms with Gasteiger partial charge in [-0.1, -0.05) is 11.6 Å². The fourth-order valence-corrected chi connectivity index (χ4v) is 2.10. The number of hydrogen-bond acceptors (Lipinski definition) is 3. The standard InChI is InChI=1S/C13H14ClNO4/c14-10-1-3-11(4-2-10)19-13(18)15-7-5-9(6-8-15)12(16)17/h1-4,9H,5-8H2,(H,16,17). The molecule has 1 fully saturated rings. The minimum atomic E-state index is -0.800. The van der Waals surface area contributed by atoms with E-state index in [0.29, 0.717) is 36.7 Å². The highest BCUT2D eigenvalue weighted by Crippen LogP contribution is 2.20. The van der Waals surface area contributed by atoms with Crippen LogP contribution in [0, 0.1) is 5.92 Å². The van der Waals surface area contributed by atoms with Crippen molar-refractivity contribution in [2.24, 2.45) is 5.92 Å². The Morgan fingerprint density at radius 2 is 1.79 bits per heavy atom. The minimum absolute atomic E-state index is 0.361. The van der Waals surface area contributed by atoms with Crippen molar-refractivity contribution in [1.82, 2.24) is 4.90 Å². The molecule has 1 saturated heterocycles. The van der Waals surface area contributed by atoms with Crippen LogP contribution in [0.15, 0.2) is 24.3 Å². The molecule has 0 atom stereocenters. The van der Waals surface area contributed by atoms with Crippen LogP contribution in [0.2, 0.25) is 5.02 Å². The molecule has 1 amide bonds. The SMILES string of the molecule is O=C(O)C1CCN(C(=O)Oc2ccc(Cl)cc2)CC1. The van der Waals surface area contributed by atoms with Crippen LogP contribution in [-0.2, 0) is 4.79 Å². The van der Waals surface area contributed by atoms with Gasteiger partial charge in [-0.3, -0.25) is 4.79 Å². The van der Waals surface area contributed by atoms with Gasteiger partial charge in [0.25, 0.3) is 0 Å². The van der Waals surface area contributed by atoms with Crippen molar-refractivity contribution in [3.63, 3.8) is 0 Å². The first kappa shape index (κ1) is 13.7. The van der Waals surface area contributed by atoms with Crippen LogP contribution in [0.3, 0.4) is 0 Å². The summed E-state index contributed by atoms with van der Waals surface area (Å²) in [6.07, 6.45) is 0.474. The molecular formula is C13H14ClNO4. The van der Waals surface area contributed by atoms with E-state index in [9.17, 15) is 9.59 Å². The molecule has 1 aliphatic heterocycles. The Morgan fingerprint density at radius 3 is 2.32 bits per heavy atom. The number of ether oxygens (including phenoxy) is 1. The number of amides is 1. The van der Waals surface area contributed by atoms with Gasteiger partial charge in [-0.05, 0) is 37.1 Å². The highest BCUT2D eigenvalue weighted by Gasteiger charge is 2.27. The Balaban J connectivity index is 1.88. The average molecular weight is 284 g/mol. The lowest BCUT2D eigenvalue weighted by molar-refractivity contribution is -0.143.